The Balaban J connectivity index is 0.000000172. The average Bonchev–Trinajstić information content (AvgIpc) is 2.96. The Kier molecular flexibility index (Phi) is 5.56. The summed E-state index contributed by atoms with van der Waals surface area (Å²) in [6.07, 6.45) is 1.70. The summed E-state index contributed by atoms with van der Waals surface area (Å²) in [5.74, 6) is -0.671. The lowest BCUT2D eigenvalue weighted by Crippen LogP contribution is -2.28. The molecular weight excluding hydrogens is 319 g/mol. The summed E-state index contributed by atoms with van der Waals surface area (Å²) in [5.41, 5.74) is 7.20. The second kappa shape index (κ2) is 7.62. The van der Waals surface area contributed by atoms with Gasteiger partial charge < -0.3 is 0 Å². The van der Waals surface area contributed by atoms with Crippen molar-refractivity contribution in [2.24, 2.45) is 0 Å². The number of benzene rings is 1. The maximum atomic E-state index is 12.6. The van der Waals surface area contributed by atoms with E-state index in [-0.39, 0.29) is 5.82 Å². The molecule has 1 aliphatic rings. The molecule has 0 unspecified atom stereocenters. The molecule has 0 saturated heterocycles. The molecule has 9 heteroatoms. The quantitative estimate of drug-likeness (QED) is 0.830. The molecule has 0 radical (unpaired) electrons. The molecule has 2 heterocycles. The maximum absolute atomic E-state index is 12.6. The third kappa shape index (κ3) is 4.61. The summed E-state index contributed by atoms with van der Waals surface area (Å²) in [6, 6.07) is 7.63. The topological polar surface area (TPSA) is 53.1 Å². The van der Waals surface area contributed by atoms with Crippen molar-refractivity contribution in [3.63, 3.8) is 0 Å². The van der Waals surface area contributed by atoms with Crippen LogP contribution in [0.5, 0.6) is 0 Å². The monoisotopic (exact) mass is 329 g/mol. The number of aromatic nitrogens is 2. The van der Waals surface area contributed by atoms with Gasteiger partial charge in [0.1, 0.15) is 5.82 Å². The van der Waals surface area contributed by atoms with Crippen molar-refractivity contribution < 1.29 is 13.2 Å². The zero-order valence-corrected chi connectivity index (χ0v) is 11.8. The molecule has 0 saturated carbocycles. The van der Waals surface area contributed by atoms with Crippen LogP contribution in [0.25, 0.3) is 5.70 Å². The first-order chi connectivity index (χ1) is 10.6. The van der Waals surface area contributed by atoms with E-state index in [2.05, 4.69) is 20.8 Å². The average molecular weight is 330 g/mol. The summed E-state index contributed by atoms with van der Waals surface area (Å²) in [5, 5.41) is 0. The second-order valence-electron chi connectivity index (χ2n) is 3.99. The zero-order chi connectivity index (χ0) is 15.9. The van der Waals surface area contributed by atoms with Crippen LogP contribution in [0.2, 0.25) is 0 Å². The minimum atomic E-state index is -2.56. The van der Waals surface area contributed by atoms with Gasteiger partial charge in [-0.3, -0.25) is 10.9 Å². The van der Waals surface area contributed by atoms with E-state index in [1.165, 1.54) is 35.2 Å². The molecule has 22 heavy (non-hydrogen) atoms. The van der Waals surface area contributed by atoms with Crippen LogP contribution >= 0.6 is 11.8 Å². The maximum Gasteiger partial charge on any atom is 0.297 e. The van der Waals surface area contributed by atoms with E-state index < -0.39 is 12.2 Å². The number of hydrazine groups is 2. The lowest BCUT2D eigenvalue weighted by Gasteiger charge is -2.07. The highest BCUT2D eigenvalue weighted by Gasteiger charge is 2.11. The van der Waals surface area contributed by atoms with Crippen molar-refractivity contribution in [2.75, 3.05) is 0 Å². The molecule has 1 aliphatic heterocycles. The molecule has 0 amide bonds. The van der Waals surface area contributed by atoms with Gasteiger partial charge in [-0.2, -0.15) is 0 Å². The molecule has 0 atom stereocenters. The smallest absolute Gasteiger partial charge is 0.292 e. The Labute approximate surface area is 129 Å². The Morgan fingerprint density at radius 3 is 2.18 bits per heavy atom. The number of hydrogen-bond acceptors (Lipinski definition) is 5. The SMILES string of the molecule is FC(F)c1ncccn1.Fc1ccc(C2=CNN(Cl)N2)cc1. The minimum Gasteiger partial charge on any atom is -0.292 e. The molecule has 116 valence electrons. The number of nitrogens with zero attached hydrogens (tertiary/aromatic N) is 3. The van der Waals surface area contributed by atoms with Crippen LogP contribution in [0.3, 0.4) is 0 Å². The van der Waals surface area contributed by atoms with E-state index in [0.717, 1.165) is 11.3 Å². The van der Waals surface area contributed by atoms with Gasteiger partial charge in [0, 0.05) is 35.9 Å². The Morgan fingerprint density at radius 1 is 1.09 bits per heavy atom. The number of hydrogen-bond donors (Lipinski definition) is 2. The summed E-state index contributed by atoms with van der Waals surface area (Å²) in [6.45, 7) is 0. The van der Waals surface area contributed by atoms with Crippen LogP contribution in [0.4, 0.5) is 13.2 Å². The highest BCUT2D eigenvalue weighted by molar-refractivity contribution is 6.13. The summed E-state index contributed by atoms with van der Waals surface area (Å²) in [4.78, 5) is 6.63. The van der Waals surface area contributed by atoms with Gasteiger partial charge >= 0.3 is 0 Å². The number of halogens is 4. The first-order valence-electron chi connectivity index (χ1n) is 6.06. The molecule has 2 aromatic rings. The van der Waals surface area contributed by atoms with Crippen molar-refractivity contribution in [3.05, 3.63) is 66.1 Å². The fourth-order valence-electron chi connectivity index (χ4n) is 1.49. The Hall–Kier alpha value is -2.32. The van der Waals surface area contributed by atoms with Crippen molar-refractivity contribution >= 4 is 17.5 Å². The van der Waals surface area contributed by atoms with Crippen LogP contribution in [0, 0.1) is 5.82 Å². The molecule has 3 rings (SSSR count). The van der Waals surface area contributed by atoms with E-state index in [1.807, 2.05) is 0 Å². The van der Waals surface area contributed by atoms with E-state index >= 15 is 0 Å². The Bertz CT molecular complexity index is 621. The fourth-order valence-corrected chi connectivity index (χ4v) is 1.63. The molecule has 1 aromatic carbocycles. The number of nitrogens with one attached hydrogen (secondary N) is 2. The van der Waals surface area contributed by atoms with Gasteiger partial charge in [0.2, 0.25) is 0 Å². The highest BCUT2D eigenvalue weighted by atomic mass is 35.5. The van der Waals surface area contributed by atoms with E-state index in [4.69, 9.17) is 11.8 Å². The molecule has 0 bridgehead atoms. The van der Waals surface area contributed by atoms with Crippen molar-refractivity contribution in [1.29, 1.82) is 0 Å². The molecular formula is C13H11ClF3N5. The van der Waals surface area contributed by atoms with Crippen LogP contribution in [0.1, 0.15) is 17.8 Å². The number of rotatable bonds is 2. The van der Waals surface area contributed by atoms with Gasteiger partial charge in [-0.15, -0.1) is 0 Å². The predicted molar refractivity (Wildman–Crippen MR) is 75.3 cm³/mol. The van der Waals surface area contributed by atoms with Crippen LogP contribution in [0.15, 0.2) is 48.9 Å². The van der Waals surface area contributed by atoms with E-state index in [0.29, 0.717) is 0 Å². The third-order valence-electron chi connectivity index (χ3n) is 2.48. The molecule has 0 fully saturated rings. The third-order valence-corrected chi connectivity index (χ3v) is 2.66. The van der Waals surface area contributed by atoms with Gasteiger partial charge in [0.25, 0.3) is 6.43 Å². The summed E-state index contributed by atoms with van der Waals surface area (Å²) < 4.78 is 37.0. The minimum absolute atomic E-state index is 0.252. The number of alkyl halides is 2. The molecule has 0 aliphatic carbocycles. The molecule has 5 nitrogen and oxygen atoms in total. The predicted octanol–water partition coefficient (Wildman–Crippen LogP) is 3.02. The van der Waals surface area contributed by atoms with Crippen molar-refractivity contribution in [1.82, 2.24) is 25.5 Å². The second-order valence-corrected chi connectivity index (χ2v) is 4.33. The van der Waals surface area contributed by atoms with Gasteiger partial charge in [0.05, 0.1) is 5.70 Å². The van der Waals surface area contributed by atoms with Crippen molar-refractivity contribution in [3.8, 4) is 0 Å². The molecule has 1 aromatic heterocycles. The fraction of sp³-hybridized carbons (Fsp3) is 0.0769. The van der Waals surface area contributed by atoms with Crippen molar-refractivity contribution in [2.45, 2.75) is 6.43 Å². The van der Waals surface area contributed by atoms with Gasteiger partial charge in [0.15, 0.2) is 5.82 Å². The van der Waals surface area contributed by atoms with Crippen LogP contribution in [-0.4, -0.2) is 14.6 Å². The first-order valence-corrected chi connectivity index (χ1v) is 6.40. The van der Waals surface area contributed by atoms with E-state index in [9.17, 15) is 13.2 Å². The van der Waals surface area contributed by atoms with Gasteiger partial charge in [-0.05, 0) is 35.0 Å². The van der Waals surface area contributed by atoms with Crippen LogP contribution < -0.4 is 10.9 Å². The zero-order valence-electron chi connectivity index (χ0n) is 11.0. The molecule has 2 N–H and O–H groups in total. The van der Waals surface area contributed by atoms with E-state index in [1.54, 1.807) is 18.3 Å². The van der Waals surface area contributed by atoms with Gasteiger partial charge in [-0.25, -0.2) is 23.1 Å². The normalized spacial score (nSPS) is 13.8. The largest absolute Gasteiger partial charge is 0.297 e. The van der Waals surface area contributed by atoms with Gasteiger partial charge in [-0.1, -0.05) is 0 Å². The lowest BCUT2D eigenvalue weighted by atomic mass is 10.2. The summed E-state index contributed by atoms with van der Waals surface area (Å²) in [7, 11) is 0. The standard InChI is InChI=1S/C8H7ClFN3.C5H4F2N2/c9-13-11-5-8(12-13)6-1-3-7(10)4-2-6;6-4(7)5-8-2-1-3-9-5/h1-5,11-12H;1-4H. The molecule has 0 spiro atoms. The summed E-state index contributed by atoms with van der Waals surface area (Å²) >= 11 is 5.57. The highest BCUT2D eigenvalue weighted by Crippen LogP contribution is 2.15. The lowest BCUT2D eigenvalue weighted by molar-refractivity contribution is 0.140. The Morgan fingerprint density at radius 2 is 1.73 bits per heavy atom. The first kappa shape index (κ1) is 16.1. The van der Waals surface area contributed by atoms with Crippen LogP contribution in [-0.2, 0) is 0 Å².